The molecule has 0 saturated carbocycles. The van der Waals surface area contributed by atoms with Crippen LogP contribution in [0.25, 0.3) is 0 Å². The van der Waals surface area contributed by atoms with E-state index in [4.69, 9.17) is 4.74 Å². The molecular formula is C18H17NO4. The van der Waals surface area contributed by atoms with Crippen LogP contribution in [0, 0.1) is 10.1 Å². The molecule has 2 aromatic carbocycles. The maximum absolute atomic E-state index is 12.5. The molecule has 0 saturated heterocycles. The molecular weight excluding hydrogens is 294 g/mol. The molecule has 0 aliphatic heterocycles. The number of ketones is 1. The van der Waals surface area contributed by atoms with Gasteiger partial charge in [-0.2, -0.15) is 0 Å². The van der Waals surface area contributed by atoms with Gasteiger partial charge in [0.05, 0.1) is 4.92 Å². The first-order valence-corrected chi connectivity index (χ1v) is 7.62. The number of hydrogen-bond acceptors (Lipinski definition) is 4. The summed E-state index contributed by atoms with van der Waals surface area (Å²) in [7, 11) is 0. The number of fused-ring (bicyclic) bond motifs is 1. The van der Waals surface area contributed by atoms with Crippen molar-refractivity contribution in [1.82, 2.24) is 0 Å². The second-order valence-corrected chi connectivity index (χ2v) is 5.69. The average molecular weight is 311 g/mol. The van der Waals surface area contributed by atoms with Crippen LogP contribution in [0.1, 0.15) is 34.8 Å². The Morgan fingerprint density at radius 3 is 2.70 bits per heavy atom. The highest BCUT2D eigenvalue weighted by molar-refractivity contribution is 5.99. The molecule has 0 N–H and O–H groups in total. The topological polar surface area (TPSA) is 69.4 Å². The van der Waals surface area contributed by atoms with Gasteiger partial charge in [0.15, 0.2) is 11.9 Å². The Labute approximate surface area is 134 Å². The summed E-state index contributed by atoms with van der Waals surface area (Å²) in [6.45, 7) is 1.62. The van der Waals surface area contributed by atoms with E-state index in [9.17, 15) is 14.9 Å². The van der Waals surface area contributed by atoms with Crippen molar-refractivity contribution in [3.8, 4) is 5.75 Å². The molecule has 0 spiro atoms. The number of nitro benzene ring substituents is 1. The predicted molar refractivity (Wildman–Crippen MR) is 86.0 cm³/mol. The molecule has 2 aromatic rings. The summed E-state index contributed by atoms with van der Waals surface area (Å²) < 4.78 is 5.55. The maximum Gasteiger partial charge on any atom is 0.310 e. The Bertz CT molecular complexity index is 769. The van der Waals surface area contributed by atoms with E-state index in [1.807, 2.05) is 18.2 Å². The predicted octanol–water partition coefficient (Wildman–Crippen LogP) is 3.73. The number of hydrogen-bond donors (Lipinski definition) is 0. The van der Waals surface area contributed by atoms with E-state index >= 15 is 0 Å². The second kappa shape index (κ2) is 6.20. The lowest BCUT2D eigenvalue weighted by Gasteiger charge is -2.14. The van der Waals surface area contributed by atoms with Gasteiger partial charge in [0.25, 0.3) is 0 Å². The van der Waals surface area contributed by atoms with E-state index in [-0.39, 0.29) is 17.2 Å². The minimum absolute atomic E-state index is 0.111. The van der Waals surface area contributed by atoms with E-state index in [1.54, 1.807) is 19.1 Å². The molecule has 1 atom stereocenters. The second-order valence-electron chi connectivity index (χ2n) is 5.69. The number of benzene rings is 2. The normalized spacial score (nSPS) is 14.1. The third-order valence-corrected chi connectivity index (χ3v) is 4.12. The van der Waals surface area contributed by atoms with Gasteiger partial charge in [0.1, 0.15) is 0 Å². The summed E-state index contributed by atoms with van der Waals surface area (Å²) >= 11 is 0. The van der Waals surface area contributed by atoms with Crippen molar-refractivity contribution in [1.29, 1.82) is 0 Å². The minimum Gasteiger partial charge on any atom is -0.475 e. The van der Waals surface area contributed by atoms with Crippen LogP contribution in [-0.2, 0) is 12.8 Å². The highest BCUT2D eigenvalue weighted by Gasteiger charge is 2.23. The van der Waals surface area contributed by atoms with Gasteiger partial charge in [-0.1, -0.05) is 24.3 Å². The lowest BCUT2D eigenvalue weighted by atomic mass is 10.0. The van der Waals surface area contributed by atoms with Crippen molar-refractivity contribution in [2.24, 2.45) is 0 Å². The van der Waals surface area contributed by atoms with Crippen molar-refractivity contribution in [2.45, 2.75) is 32.3 Å². The first kappa shape index (κ1) is 15.2. The summed E-state index contributed by atoms with van der Waals surface area (Å²) in [4.78, 5) is 23.0. The zero-order valence-corrected chi connectivity index (χ0v) is 12.8. The van der Waals surface area contributed by atoms with Crippen LogP contribution in [0.3, 0.4) is 0 Å². The fourth-order valence-electron chi connectivity index (χ4n) is 2.91. The number of rotatable bonds is 5. The molecule has 3 rings (SSSR count). The number of para-hydroxylation sites is 2. The molecule has 118 valence electrons. The standard InChI is InChI=1S/C18H17NO4/c1-12(23-17-8-3-2-7-16(17)19(21)22)18(20)15-10-9-13-5-4-6-14(13)11-15/h2-3,7-12H,4-6H2,1H3/t12-/m1/s1. The SMILES string of the molecule is C[C@@H](Oc1ccccc1[N+](=O)[O-])C(=O)c1ccc2c(c1)CCC2. The summed E-state index contributed by atoms with van der Waals surface area (Å²) in [6.07, 6.45) is 2.40. The van der Waals surface area contributed by atoms with Gasteiger partial charge in [-0.3, -0.25) is 14.9 Å². The van der Waals surface area contributed by atoms with Gasteiger partial charge in [0, 0.05) is 11.6 Å². The van der Waals surface area contributed by atoms with Crippen LogP contribution in [0.5, 0.6) is 5.75 Å². The van der Waals surface area contributed by atoms with Gasteiger partial charge >= 0.3 is 5.69 Å². The molecule has 0 unspecified atom stereocenters. The zero-order valence-electron chi connectivity index (χ0n) is 12.8. The molecule has 1 aliphatic rings. The first-order chi connectivity index (χ1) is 11.1. The smallest absolute Gasteiger partial charge is 0.310 e. The maximum atomic E-state index is 12.5. The van der Waals surface area contributed by atoms with Crippen molar-refractivity contribution in [3.63, 3.8) is 0 Å². The summed E-state index contributed by atoms with van der Waals surface area (Å²) in [5.74, 6) is -0.0580. The molecule has 5 nitrogen and oxygen atoms in total. The molecule has 0 radical (unpaired) electrons. The van der Waals surface area contributed by atoms with Crippen molar-refractivity contribution in [3.05, 3.63) is 69.3 Å². The number of aryl methyl sites for hydroxylation is 2. The Morgan fingerprint density at radius 1 is 1.17 bits per heavy atom. The van der Waals surface area contributed by atoms with Gasteiger partial charge < -0.3 is 4.74 Å². The number of nitro groups is 1. The van der Waals surface area contributed by atoms with E-state index < -0.39 is 11.0 Å². The van der Waals surface area contributed by atoms with E-state index in [0.29, 0.717) is 5.56 Å². The molecule has 0 amide bonds. The van der Waals surface area contributed by atoms with Gasteiger partial charge in [-0.15, -0.1) is 0 Å². The van der Waals surface area contributed by atoms with E-state index in [2.05, 4.69) is 0 Å². The molecule has 0 aromatic heterocycles. The van der Waals surface area contributed by atoms with Crippen molar-refractivity contribution in [2.75, 3.05) is 0 Å². The highest BCUT2D eigenvalue weighted by Crippen LogP contribution is 2.28. The third-order valence-electron chi connectivity index (χ3n) is 4.12. The number of carbonyl (C=O) groups is 1. The summed E-state index contributed by atoms with van der Waals surface area (Å²) in [5.41, 5.74) is 2.97. The number of ether oxygens (including phenoxy) is 1. The summed E-state index contributed by atoms with van der Waals surface area (Å²) in [6, 6.07) is 11.8. The quantitative estimate of drug-likeness (QED) is 0.479. The molecule has 23 heavy (non-hydrogen) atoms. The number of nitrogens with zero attached hydrogens (tertiary/aromatic N) is 1. The Morgan fingerprint density at radius 2 is 1.91 bits per heavy atom. The molecule has 0 heterocycles. The minimum atomic E-state index is -0.782. The zero-order chi connectivity index (χ0) is 16.4. The van der Waals surface area contributed by atoms with Gasteiger partial charge in [0.2, 0.25) is 5.78 Å². The van der Waals surface area contributed by atoms with Crippen LogP contribution in [0.4, 0.5) is 5.69 Å². The molecule has 0 fully saturated rings. The highest BCUT2D eigenvalue weighted by atomic mass is 16.6. The lowest BCUT2D eigenvalue weighted by molar-refractivity contribution is -0.386. The Kier molecular flexibility index (Phi) is 4.10. The molecule has 1 aliphatic carbocycles. The van der Waals surface area contributed by atoms with Crippen LogP contribution in [0.15, 0.2) is 42.5 Å². The van der Waals surface area contributed by atoms with E-state index in [0.717, 1.165) is 19.3 Å². The van der Waals surface area contributed by atoms with Gasteiger partial charge in [-0.05, 0) is 49.4 Å². The average Bonchev–Trinajstić information content (AvgIpc) is 3.01. The van der Waals surface area contributed by atoms with E-state index in [1.165, 1.54) is 23.3 Å². The van der Waals surface area contributed by atoms with Crippen molar-refractivity contribution < 1.29 is 14.5 Å². The van der Waals surface area contributed by atoms with Crippen LogP contribution >= 0.6 is 0 Å². The van der Waals surface area contributed by atoms with Crippen LogP contribution < -0.4 is 4.74 Å². The summed E-state index contributed by atoms with van der Waals surface area (Å²) in [5, 5.41) is 11.0. The third kappa shape index (κ3) is 3.08. The first-order valence-electron chi connectivity index (χ1n) is 7.62. The Balaban J connectivity index is 1.79. The number of carbonyl (C=O) groups excluding carboxylic acids is 1. The fourth-order valence-corrected chi connectivity index (χ4v) is 2.91. The molecule has 5 heteroatoms. The largest absolute Gasteiger partial charge is 0.475 e. The van der Waals surface area contributed by atoms with Crippen molar-refractivity contribution >= 4 is 11.5 Å². The van der Waals surface area contributed by atoms with Gasteiger partial charge in [-0.25, -0.2) is 0 Å². The fraction of sp³-hybridized carbons (Fsp3) is 0.278. The number of Topliss-reactive ketones (excluding diaryl/α,β-unsaturated/α-hetero) is 1. The monoisotopic (exact) mass is 311 g/mol. The van der Waals surface area contributed by atoms with Crippen LogP contribution in [-0.4, -0.2) is 16.8 Å². The Hall–Kier alpha value is -2.69. The van der Waals surface area contributed by atoms with Crippen LogP contribution in [0.2, 0.25) is 0 Å². The molecule has 0 bridgehead atoms. The lowest BCUT2D eigenvalue weighted by Crippen LogP contribution is -2.24.